The van der Waals surface area contributed by atoms with E-state index < -0.39 is 6.10 Å². The van der Waals surface area contributed by atoms with Gasteiger partial charge in [0.15, 0.2) is 6.10 Å². The van der Waals surface area contributed by atoms with Gasteiger partial charge in [-0.3, -0.25) is 14.4 Å². The van der Waals surface area contributed by atoms with Crippen molar-refractivity contribution < 1.29 is 28.6 Å². The van der Waals surface area contributed by atoms with Crippen LogP contribution in [0.25, 0.3) is 0 Å². The van der Waals surface area contributed by atoms with Gasteiger partial charge in [0.1, 0.15) is 13.2 Å². The van der Waals surface area contributed by atoms with E-state index in [0.29, 0.717) is 19.3 Å². The predicted molar refractivity (Wildman–Crippen MR) is 297 cm³/mol. The molecule has 0 aromatic rings. The Balaban J connectivity index is 4.49. The van der Waals surface area contributed by atoms with Crippen molar-refractivity contribution in [2.45, 2.75) is 258 Å². The summed E-state index contributed by atoms with van der Waals surface area (Å²) in [6.07, 6.45) is 76.7. The summed E-state index contributed by atoms with van der Waals surface area (Å²) < 4.78 is 16.8. The second-order valence-corrected chi connectivity index (χ2v) is 18.4. The molecule has 0 radical (unpaired) electrons. The van der Waals surface area contributed by atoms with Crippen LogP contribution in [0.5, 0.6) is 0 Å². The van der Waals surface area contributed by atoms with E-state index in [2.05, 4.69) is 124 Å². The van der Waals surface area contributed by atoms with E-state index >= 15 is 0 Å². The Morgan fingerprint density at radius 2 is 0.594 bits per heavy atom. The minimum atomic E-state index is -0.821. The number of rotatable bonds is 50. The SMILES string of the molecule is CC/C=C\C/C=C\C/C=C\C/C=C\C/C=C\C/C=C\CCC(=O)OCC(COC(=O)CCCCC/C=C\C/C=C\C/C=C\CC)OC(=O)CCCCCCCCCCCCCCCCCCCCC. The number of unbranched alkanes of at least 4 members (excludes halogenated alkanes) is 21. The maximum atomic E-state index is 12.9. The van der Waals surface area contributed by atoms with E-state index in [-0.39, 0.29) is 37.5 Å². The third-order valence-electron chi connectivity index (χ3n) is 11.8. The molecule has 0 saturated carbocycles. The number of carbonyl (C=O) groups excluding carboxylic acids is 3. The summed E-state index contributed by atoms with van der Waals surface area (Å²) in [6, 6.07) is 0. The van der Waals surface area contributed by atoms with Crippen LogP contribution in [0.1, 0.15) is 252 Å². The maximum absolute atomic E-state index is 12.9. The van der Waals surface area contributed by atoms with Gasteiger partial charge >= 0.3 is 17.9 Å². The van der Waals surface area contributed by atoms with Gasteiger partial charge in [-0.05, 0) is 89.9 Å². The van der Waals surface area contributed by atoms with Crippen LogP contribution < -0.4 is 0 Å². The standard InChI is InChI=1S/C63H104O6/c1-4-7-10-13-16-19-22-25-27-29-31-33-35-38-41-44-47-50-53-56-62(65)68-59-60(58-67-61(64)55-52-49-46-43-40-37-24-21-18-15-12-9-6-3)69-63(66)57-54-51-48-45-42-39-36-34-32-30-28-26-23-20-17-14-11-8-5-2/h7,9-10,12,16,18-19,21,25,27,31,33,37-38,40-41,47,50,60H,4-6,8,11,13-15,17,20,22-24,26,28-30,32,34-36,39,42-46,48-49,51-59H2,1-3H3/b10-7-,12-9-,19-16-,21-18-,27-25-,33-31-,40-37-,41-38-,50-47-. The van der Waals surface area contributed by atoms with E-state index in [1.807, 2.05) is 6.08 Å². The van der Waals surface area contributed by atoms with Gasteiger partial charge in [0.2, 0.25) is 0 Å². The summed E-state index contributed by atoms with van der Waals surface area (Å²) >= 11 is 0. The van der Waals surface area contributed by atoms with Gasteiger partial charge in [-0.25, -0.2) is 0 Å². The van der Waals surface area contributed by atoms with Gasteiger partial charge in [0.25, 0.3) is 0 Å². The lowest BCUT2D eigenvalue weighted by molar-refractivity contribution is -0.166. The largest absolute Gasteiger partial charge is 0.462 e. The lowest BCUT2D eigenvalue weighted by Crippen LogP contribution is -2.30. The highest BCUT2D eigenvalue weighted by molar-refractivity contribution is 5.71. The lowest BCUT2D eigenvalue weighted by Gasteiger charge is -2.18. The first kappa shape index (κ1) is 65.1. The number of carbonyl (C=O) groups is 3. The zero-order valence-corrected chi connectivity index (χ0v) is 44.8. The summed E-state index contributed by atoms with van der Waals surface area (Å²) in [6.45, 7) is 6.33. The van der Waals surface area contributed by atoms with E-state index in [1.54, 1.807) is 0 Å². The molecule has 0 aromatic carbocycles. The molecule has 0 bridgehead atoms. The monoisotopic (exact) mass is 957 g/mol. The highest BCUT2D eigenvalue weighted by Gasteiger charge is 2.19. The van der Waals surface area contributed by atoms with Crippen molar-refractivity contribution in [3.63, 3.8) is 0 Å². The van der Waals surface area contributed by atoms with Crippen molar-refractivity contribution in [3.05, 3.63) is 109 Å². The minimum absolute atomic E-state index is 0.116. The minimum Gasteiger partial charge on any atom is -0.462 e. The molecule has 69 heavy (non-hydrogen) atoms. The van der Waals surface area contributed by atoms with Crippen LogP contribution in [0.4, 0.5) is 0 Å². The average molecular weight is 958 g/mol. The number of allylic oxidation sites excluding steroid dienone is 18. The topological polar surface area (TPSA) is 78.9 Å². The van der Waals surface area contributed by atoms with Crippen LogP contribution in [0.2, 0.25) is 0 Å². The molecule has 0 rings (SSSR count). The van der Waals surface area contributed by atoms with E-state index in [1.165, 1.54) is 103 Å². The number of hydrogen-bond acceptors (Lipinski definition) is 6. The van der Waals surface area contributed by atoms with Crippen LogP contribution in [-0.4, -0.2) is 37.2 Å². The first-order chi connectivity index (χ1) is 34.0. The van der Waals surface area contributed by atoms with Crippen LogP contribution >= 0.6 is 0 Å². The highest BCUT2D eigenvalue weighted by atomic mass is 16.6. The molecule has 0 aliphatic carbocycles. The maximum Gasteiger partial charge on any atom is 0.306 e. The van der Waals surface area contributed by atoms with Crippen molar-refractivity contribution in [2.24, 2.45) is 0 Å². The fourth-order valence-corrected chi connectivity index (χ4v) is 7.60. The van der Waals surface area contributed by atoms with E-state index in [4.69, 9.17) is 14.2 Å². The first-order valence-electron chi connectivity index (χ1n) is 28.4. The zero-order valence-electron chi connectivity index (χ0n) is 44.8. The fraction of sp³-hybridized carbons (Fsp3) is 0.667. The Morgan fingerprint density at radius 3 is 0.971 bits per heavy atom. The molecule has 0 aromatic heterocycles. The summed E-state index contributed by atoms with van der Waals surface area (Å²) in [5, 5.41) is 0. The van der Waals surface area contributed by atoms with Crippen molar-refractivity contribution in [1.82, 2.24) is 0 Å². The Labute approximate surface area is 425 Å². The molecule has 1 unspecified atom stereocenters. The third kappa shape index (κ3) is 54.9. The summed E-state index contributed by atoms with van der Waals surface area (Å²) in [7, 11) is 0. The zero-order chi connectivity index (χ0) is 50.0. The fourth-order valence-electron chi connectivity index (χ4n) is 7.60. The van der Waals surface area contributed by atoms with E-state index in [9.17, 15) is 14.4 Å². The molecular formula is C63H104O6. The Bertz CT molecular complexity index is 1420. The number of hydrogen-bond donors (Lipinski definition) is 0. The average Bonchev–Trinajstić information content (AvgIpc) is 3.35. The first-order valence-corrected chi connectivity index (χ1v) is 28.4. The smallest absolute Gasteiger partial charge is 0.306 e. The quantitative estimate of drug-likeness (QED) is 0.0262. The van der Waals surface area contributed by atoms with Gasteiger partial charge in [-0.15, -0.1) is 0 Å². The van der Waals surface area contributed by atoms with Crippen molar-refractivity contribution in [2.75, 3.05) is 13.2 Å². The van der Waals surface area contributed by atoms with Gasteiger partial charge in [-0.2, -0.15) is 0 Å². The van der Waals surface area contributed by atoms with Crippen LogP contribution in [0.15, 0.2) is 109 Å². The molecule has 0 N–H and O–H groups in total. The van der Waals surface area contributed by atoms with Crippen LogP contribution in [0, 0.1) is 0 Å². The second kappa shape index (κ2) is 56.7. The van der Waals surface area contributed by atoms with Gasteiger partial charge in [0.05, 0.1) is 0 Å². The molecule has 6 heteroatoms. The molecule has 0 fully saturated rings. The molecule has 392 valence electrons. The molecule has 1 atom stereocenters. The number of ether oxygens (including phenoxy) is 3. The van der Waals surface area contributed by atoms with Crippen molar-refractivity contribution in [1.29, 1.82) is 0 Å². The van der Waals surface area contributed by atoms with Gasteiger partial charge in [0, 0.05) is 19.3 Å². The molecule has 0 saturated heterocycles. The Kier molecular flexibility index (Phi) is 53.4. The highest BCUT2D eigenvalue weighted by Crippen LogP contribution is 2.16. The lowest BCUT2D eigenvalue weighted by atomic mass is 10.0. The molecule has 0 spiro atoms. The Hall–Kier alpha value is -3.93. The summed E-state index contributed by atoms with van der Waals surface area (Å²) in [5.74, 6) is -1.03. The molecular weight excluding hydrogens is 853 g/mol. The normalized spacial score (nSPS) is 12.9. The van der Waals surface area contributed by atoms with Gasteiger partial charge in [-0.1, -0.05) is 252 Å². The van der Waals surface area contributed by atoms with Crippen LogP contribution in [0.3, 0.4) is 0 Å². The second-order valence-electron chi connectivity index (χ2n) is 18.4. The molecule has 0 heterocycles. The molecule has 0 amide bonds. The molecule has 0 aliphatic heterocycles. The number of esters is 3. The van der Waals surface area contributed by atoms with E-state index in [0.717, 1.165) is 103 Å². The predicted octanol–water partition coefficient (Wildman–Crippen LogP) is 19.1. The van der Waals surface area contributed by atoms with Crippen LogP contribution in [-0.2, 0) is 28.6 Å². The Morgan fingerprint density at radius 1 is 0.304 bits per heavy atom. The van der Waals surface area contributed by atoms with Gasteiger partial charge < -0.3 is 14.2 Å². The molecule has 6 nitrogen and oxygen atoms in total. The van der Waals surface area contributed by atoms with Crippen molar-refractivity contribution >= 4 is 17.9 Å². The third-order valence-corrected chi connectivity index (χ3v) is 11.8. The summed E-state index contributed by atoms with van der Waals surface area (Å²) in [5.41, 5.74) is 0. The molecule has 0 aliphatic rings. The summed E-state index contributed by atoms with van der Waals surface area (Å²) in [4.78, 5) is 38.1. The van der Waals surface area contributed by atoms with Crippen molar-refractivity contribution in [3.8, 4) is 0 Å².